The molecule has 23 heavy (non-hydrogen) atoms. The van der Waals surface area contributed by atoms with Crippen LogP contribution in [-0.4, -0.2) is 0 Å². The van der Waals surface area contributed by atoms with Gasteiger partial charge in [-0.2, -0.15) is 0 Å². The summed E-state index contributed by atoms with van der Waals surface area (Å²) in [6.45, 7) is 18.2. The van der Waals surface area contributed by atoms with Gasteiger partial charge in [0.25, 0.3) is 0 Å². The minimum absolute atomic E-state index is 0.532. The summed E-state index contributed by atoms with van der Waals surface area (Å²) >= 11 is 0. The Balaban J connectivity index is 2.17. The van der Waals surface area contributed by atoms with Gasteiger partial charge in [0.05, 0.1) is 0 Å². The topological polar surface area (TPSA) is 0 Å². The van der Waals surface area contributed by atoms with Gasteiger partial charge in [0.2, 0.25) is 0 Å². The Labute approximate surface area is 146 Å². The van der Waals surface area contributed by atoms with Crippen molar-refractivity contribution in [3.63, 3.8) is 0 Å². The summed E-state index contributed by atoms with van der Waals surface area (Å²) in [7, 11) is 0. The molecular weight excluding hydrogens is 276 g/mol. The van der Waals surface area contributed by atoms with Gasteiger partial charge in [-0.1, -0.05) is 67.7 Å². The first-order valence-electron chi connectivity index (χ1n) is 10.6. The van der Waals surface area contributed by atoms with E-state index in [1.54, 1.807) is 0 Å². The monoisotopic (exact) mass is 318 g/mol. The van der Waals surface area contributed by atoms with Crippen LogP contribution in [0.1, 0.15) is 113 Å². The van der Waals surface area contributed by atoms with Crippen molar-refractivity contribution in [1.82, 2.24) is 0 Å². The lowest BCUT2D eigenvalue weighted by Crippen LogP contribution is -2.51. The maximum atomic E-state index is 2.69. The molecule has 134 valence electrons. The van der Waals surface area contributed by atoms with Gasteiger partial charge < -0.3 is 0 Å². The SMILES string of the molecule is CCC(C)C12CCCC3(C)CC(C)(CC1)CC3(C)CC2(C)CC. The van der Waals surface area contributed by atoms with Crippen LogP contribution < -0.4 is 0 Å². The van der Waals surface area contributed by atoms with Crippen molar-refractivity contribution in [2.24, 2.45) is 33.0 Å². The fourth-order valence-corrected chi connectivity index (χ4v) is 8.26. The van der Waals surface area contributed by atoms with E-state index in [1.807, 2.05) is 0 Å². The molecule has 0 N–H and O–H groups in total. The van der Waals surface area contributed by atoms with Crippen LogP contribution in [0.25, 0.3) is 0 Å². The quantitative estimate of drug-likeness (QED) is 0.502. The highest BCUT2D eigenvalue weighted by Gasteiger charge is 2.64. The Morgan fingerprint density at radius 2 is 1.43 bits per heavy atom. The van der Waals surface area contributed by atoms with Crippen molar-refractivity contribution in [2.75, 3.05) is 0 Å². The molecule has 0 heterocycles. The van der Waals surface area contributed by atoms with Gasteiger partial charge in [0.1, 0.15) is 0 Å². The molecule has 6 unspecified atom stereocenters. The van der Waals surface area contributed by atoms with Crippen LogP contribution in [0.4, 0.5) is 0 Å². The molecule has 6 atom stereocenters. The molecular formula is C23H42. The van der Waals surface area contributed by atoms with Gasteiger partial charge in [-0.05, 0) is 77.9 Å². The lowest BCUT2D eigenvalue weighted by Gasteiger charge is -2.60. The number of fused-ring (bicyclic) bond motifs is 3. The van der Waals surface area contributed by atoms with Crippen molar-refractivity contribution in [2.45, 2.75) is 113 Å². The number of hydrogen-bond acceptors (Lipinski definition) is 0. The second-order valence-electron chi connectivity index (χ2n) is 11.2. The van der Waals surface area contributed by atoms with E-state index in [-0.39, 0.29) is 0 Å². The van der Waals surface area contributed by atoms with Crippen LogP contribution in [0.3, 0.4) is 0 Å². The zero-order valence-electron chi connectivity index (χ0n) is 17.1. The molecule has 0 radical (unpaired) electrons. The molecule has 0 nitrogen and oxygen atoms in total. The van der Waals surface area contributed by atoms with Crippen LogP contribution in [-0.2, 0) is 0 Å². The average molecular weight is 319 g/mol. The molecule has 0 saturated heterocycles. The van der Waals surface area contributed by atoms with E-state index in [0.717, 1.165) is 5.92 Å². The molecule has 0 aliphatic heterocycles. The van der Waals surface area contributed by atoms with Gasteiger partial charge in [-0.15, -0.1) is 0 Å². The van der Waals surface area contributed by atoms with E-state index in [9.17, 15) is 0 Å². The predicted octanol–water partition coefficient (Wildman–Crippen LogP) is 7.62. The van der Waals surface area contributed by atoms with Crippen molar-refractivity contribution >= 4 is 0 Å². The molecule has 0 aromatic rings. The predicted molar refractivity (Wildman–Crippen MR) is 102 cm³/mol. The van der Waals surface area contributed by atoms with E-state index >= 15 is 0 Å². The molecule has 0 spiro atoms. The van der Waals surface area contributed by atoms with E-state index in [2.05, 4.69) is 48.5 Å². The Kier molecular flexibility index (Phi) is 4.06. The Hall–Kier alpha value is 0. The lowest BCUT2D eigenvalue weighted by molar-refractivity contribution is -0.107. The van der Waals surface area contributed by atoms with Crippen LogP contribution in [0.15, 0.2) is 0 Å². The molecule has 3 fully saturated rings. The second kappa shape index (κ2) is 5.25. The fourth-order valence-electron chi connectivity index (χ4n) is 8.26. The largest absolute Gasteiger partial charge is 0.0651 e. The Bertz CT molecular complexity index is 467. The van der Waals surface area contributed by atoms with Gasteiger partial charge >= 0.3 is 0 Å². The standard InChI is InChI=1S/C23H42/c1-8-18(3)23-12-10-11-21(6)15-19(4,13-14-23)16-22(21,7)17-20(23,5)9-2/h18H,8-17H2,1-7H3. The number of rotatable bonds is 3. The highest BCUT2D eigenvalue weighted by molar-refractivity contribution is 5.14. The van der Waals surface area contributed by atoms with Crippen molar-refractivity contribution in [3.8, 4) is 0 Å². The van der Waals surface area contributed by atoms with E-state index in [0.29, 0.717) is 27.1 Å². The van der Waals surface area contributed by atoms with Gasteiger partial charge in [-0.3, -0.25) is 0 Å². The highest BCUT2D eigenvalue weighted by Crippen LogP contribution is 2.74. The molecule has 0 aromatic heterocycles. The molecule has 3 saturated carbocycles. The van der Waals surface area contributed by atoms with Crippen molar-refractivity contribution < 1.29 is 0 Å². The minimum atomic E-state index is 0.532. The Morgan fingerprint density at radius 1 is 0.783 bits per heavy atom. The highest BCUT2D eigenvalue weighted by atomic mass is 14.7. The average Bonchev–Trinajstić information content (AvgIpc) is 2.70. The first-order chi connectivity index (χ1) is 10.6. The maximum absolute atomic E-state index is 2.69. The molecule has 3 rings (SSSR count). The molecule has 3 bridgehead atoms. The van der Waals surface area contributed by atoms with Crippen LogP contribution in [0, 0.1) is 33.0 Å². The lowest BCUT2D eigenvalue weighted by atomic mass is 9.44. The van der Waals surface area contributed by atoms with E-state index < -0.39 is 0 Å². The molecule has 0 aromatic carbocycles. The van der Waals surface area contributed by atoms with Crippen LogP contribution in [0.5, 0.6) is 0 Å². The third kappa shape index (κ3) is 2.29. The van der Waals surface area contributed by atoms with Crippen LogP contribution in [0.2, 0.25) is 0 Å². The summed E-state index contributed by atoms with van der Waals surface area (Å²) in [5, 5.41) is 0. The normalized spacial score (nSPS) is 54.4. The molecule has 0 amide bonds. The molecule has 3 aliphatic carbocycles. The summed E-state index contributed by atoms with van der Waals surface area (Å²) in [4.78, 5) is 0. The minimum Gasteiger partial charge on any atom is -0.0651 e. The number of hydrogen-bond donors (Lipinski definition) is 0. The summed E-state index contributed by atoms with van der Waals surface area (Å²) in [5.41, 5.74) is 2.88. The zero-order chi connectivity index (χ0) is 17.1. The smallest absolute Gasteiger partial charge is 0.0218 e. The van der Waals surface area contributed by atoms with Gasteiger partial charge in [0.15, 0.2) is 0 Å². The molecule has 3 aliphatic rings. The van der Waals surface area contributed by atoms with Crippen molar-refractivity contribution in [3.05, 3.63) is 0 Å². The fraction of sp³-hybridized carbons (Fsp3) is 1.00. The molecule has 0 heteroatoms. The third-order valence-corrected chi connectivity index (χ3v) is 9.94. The summed E-state index contributed by atoms with van der Waals surface area (Å²) in [5.74, 6) is 0.876. The first-order valence-corrected chi connectivity index (χ1v) is 10.6. The van der Waals surface area contributed by atoms with Gasteiger partial charge in [0, 0.05) is 0 Å². The third-order valence-electron chi connectivity index (χ3n) is 9.94. The van der Waals surface area contributed by atoms with Crippen LogP contribution >= 0.6 is 0 Å². The zero-order valence-corrected chi connectivity index (χ0v) is 17.1. The first kappa shape index (κ1) is 17.8. The maximum Gasteiger partial charge on any atom is -0.0218 e. The summed E-state index contributed by atoms with van der Waals surface area (Å²) in [6, 6.07) is 0. The van der Waals surface area contributed by atoms with Crippen molar-refractivity contribution in [1.29, 1.82) is 0 Å². The second-order valence-corrected chi connectivity index (χ2v) is 11.2. The summed E-state index contributed by atoms with van der Waals surface area (Å²) < 4.78 is 0. The Morgan fingerprint density at radius 3 is 2.04 bits per heavy atom. The van der Waals surface area contributed by atoms with Gasteiger partial charge in [-0.25, -0.2) is 0 Å². The summed E-state index contributed by atoms with van der Waals surface area (Å²) in [6.07, 6.45) is 14.6. The van der Waals surface area contributed by atoms with E-state index in [4.69, 9.17) is 0 Å². The van der Waals surface area contributed by atoms with E-state index in [1.165, 1.54) is 64.2 Å².